The third kappa shape index (κ3) is 3.68. The van der Waals surface area contributed by atoms with Crippen molar-refractivity contribution in [1.29, 1.82) is 5.26 Å². The van der Waals surface area contributed by atoms with Crippen LogP contribution >= 0.6 is 0 Å². The predicted molar refractivity (Wildman–Crippen MR) is 72.0 cm³/mol. The molecule has 0 radical (unpaired) electrons. The zero-order valence-electron chi connectivity index (χ0n) is 10.6. The monoisotopic (exact) mass is 254 g/mol. The van der Waals surface area contributed by atoms with Gasteiger partial charge < -0.3 is 10.1 Å². The van der Waals surface area contributed by atoms with E-state index in [0.29, 0.717) is 17.2 Å². The lowest BCUT2D eigenvalue weighted by Gasteiger charge is -2.07. The molecule has 19 heavy (non-hydrogen) atoms. The van der Waals surface area contributed by atoms with Crippen molar-refractivity contribution in [3.63, 3.8) is 0 Å². The van der Waals surface area contributed by atoms with Gasteiger partial charge in [0.25, 0.3) is 0 Å². The van der Waals surface area contributed by atoms with Crippen LogP contribution in [0, 0.1) is 11.3 Å². The number of rotatable bonds is 5. The number of hydrogen-bond acceptors (Lipinski definition) is 5. The summed E-state index contributed by atoms with van der Waals surface area (Å²) in [6, 6.07) is 10.7. The summed E-state index contributed by atoms with van der Waals surface area (Å²) in [6.45, 7) is 2.94. The van der Waals surface area contributed by atoms with Crippen LogP contribution in [-0.2, 0) is 0 Å². The second kappa shape index (κ2) is 6.36. The molecule has 2 rings (SSSR count). The Hall–Kier alpha value is -2.61. The van der Waals surface area contributed by atoms with Gasteiger partial charge >= 0.3 is 0 Å². The average molecular weight is 254 g/mol. The van der Waals surface area contributed by atoms with Crippen molar-refractivity contribution in [2.24, 2.45) is 0 Å². The number of aromatic nitrogens is 2. The number of ether oxygens (including phenoxy) is 1. The highest BCUT2D eigenvalue weighted by Crippen LogP contribution is 2.20. The van der Waals surface area contributed by atoms with Gasteiger partial charge in [-0.1, -0.05) is 6.92 Å². The van der Waals surface area contributed by atoms with Crippen LogP contribution in [0.1, 0.15) is 18.9 Å². The van der Waals surface area contributed by atoms with Gasteiger partial charge in [0.1, 0.15) is 17.9 Å². The van der Waals surface area contributed by atoms with Crippen molar-refractivity contribution in [3.05, 3.63) is 42.2 Å². The molecule has 1 heterocycles. The fraction of sp³-hybridized carbons (Fsp3) is 0.214. The lowest BCUT2D eigenvalue weighted by atomic mass is 10.2. The highest BCUT2D eigenvalue weighted by molar-refractivity contribution is 5.40. The molecule has 5 heteroatoms. The van der Waals surface area contributed by atoms with Gasteiger partial charge in [-0.25, -0.2) is 9.97 Å². The van der Waals surface area contributed by atoms with Crippen molar-refractivity contribution < 1.29 is 4.74 Å². The topological polar surface area (TPSA) is 70.8 Å². The number of nitrogens with zero attached hydrogens (tertiary/aromatic N) is 3. The van der Waals surface area contributed by atoms with Crippen LogP contribution < -0.4 is 10.1 Å². The van der Waals surface area contributed by atoms with Crippen LogP contribution in [0.5, 0.6) is 11.6 Å². The number of anilines is 1. The minimum absolute atomic E-state index is 0.471. The van der Waals surface area contributed by atoms with Crippen molar-refractivity contribution >= 4 is 5.82 Å². The van der Waals surface area contributed by atoms with Crippen molar-refractivity contribution in [1.82, 2.24) is 9.97 Å². The maximum absolute atomic E-state index is 8.72. The Morgan fingerprint density at radius 1 is 1.26 bits per heavy atom. The van der Waals surface area contributed by atoms with Crippen molar-refractivity contribution in [3.8, 4) is 17.7 Å². The van der Waals surface area contributed by atoms with Crippen LogP contribution in [0.15, 0.2) is 36.7 Å². The van der Waals surface area contributed by atoms with Crippen LogP contribution in [0.3, 0.4) is 0 Å². The molecule has 0 atom stereocenters. The van der Waals surface area contributed by atoms with E-state index in [1.54, 1.807) is 30.3 Å². The Balaban J connectivity index is 2.07. The Bertz CT molecular complexity index is 575. The Morgan fingerprint density at radius 2 is 2.05 bits per heavy atom. The summed E-state index contributed by atoms with van der Waals surface area (Å²) >= 11 is 0. The first-order chi connectivity index (χ1) is 9.31. The third-order valence-electron chi connectivity index (χ3n) is 2.40. The van der Waals surface area contributed by atoms with E-state index in [9.17, 15) is 0 Å². The molecule has 0 fully saturated rings. The molecule has 0 bridgehead atoms. The molecule has 5 nitrogen and oxygen atoms in total. The van der Waals surface area contributed by atoms with E-state index < -0.39 is 0 Å². The smallest absolute Gasteiger partial charge is 0.224 e. The van der Waals surface area contributed by atoms with Crippen LogP contribution in [0.2, 0.25) is 0 Å². The van der Waals surface area contributed by atoms with Gasteiger partial charge in [-0.15, -0.1) is 0 Å². The molecule has 0 aliphatic rings. The minimum atomic E-state index is 0.471. The summed E-state index contributed by atoms with van der Waals surface area (Å²) < 4.78 is 5.60. The summed E-state index contributed by atoms with van der Waals surface area (Å²) in [7, 11) is 0. The van der Waals surface area contributed by atoms with E-state index in [-0.39, 0.29) is 0 Å². The number of nitrogens with one attached hydrogen (secondary N) is 1. The molecule has 0 amide bonds. The molecule has 1 N–H and O–H groups in total. The predicted octanol–water partition coefficient (Wildman–Crippen LogP) is 2.96. The van der Waals surface area contributed by atoms with E-state index in [1.807, 2.05) is 0 Å². The molecule has 1 aromatic heterocycles. The van der Waals surface area contributed by atoms with Crippen molar-refractivity contribution in [2.45, 2.75) is 13.3 Å². The third-order valence-corrected chi connectivity index (χ3v) is 2.40. The second-order valence-electron chi connectivity index (χ2n) is 3.91. The standard InChI is InChI=1S/C14H14N4O/c1-2-7-16-13-8-14(18-10-17-13)19-12-5-3-11(9-15)4-6-12/h3-6,8,10H,2,7H2,1H3,(H,16,17,18). The second-order valence-corrected chi connectivity index (χ2v) is 3.91. The minimum Gasteiger partial charge on any atom is -0.439 e. The lowest BCUT2D eigenvalue weighted by molar-refractivity contribution is 0.462. The van der Waals surface area contributed by atoms with E-state index in [1.165, 1.54) is 6.33 Å². The fourth-order valence-corrected chi connectivity index (χ4v) is 1.46. The van der Waals surface area contributed by atoms with Crippen LogP contribution in [0.4, 0.5) is 5.82 Å². The fourth-order valence-electron chi connectivity index (χ4n) is 1.46. The molecule has 0 unspecified atom stereocenters. The van der Waals surface area contributed by atoms with Gasteiger partial charge in [0.15, 0.2) is 0 Å². The Labute approximate surface area is 111 Å². The molecule has 0 aliphatic heterocycles. The number of hydrogen-bond donors (Lipinski definition) is 1. The molecular formula is C14H14N4O. The van der Waals surface area contributed by atoms with Gasteiger partial charge in [0.05, 0.1) is 11.6 Å². The molecule has 0 saturated heterocycles. The first kappa shape index (κ1) is 12.8. The highest BCUT2D eigenvalue weighted by Gasteiger charge is 2.01. The summed E-state index contributed by atoms with van der Waals surface area (Å²) in [5.74, 6) is 1.85. The van der Waals surface area contributed by atoms with Gasteiger partial charge in [0.2, 0.25) is 5.88 Å². The SMILES string of the molecule is CCCNc1cc(Oc2ccc(C#N)cc2)ncn1. The Morgan fingerprint density at radius 3 is 2.74 bits per heavy atom. The lowest BCUT2D eigenvalue weighted by Crippen LogP contribution is -2.02. The molecule has 1 aromatic carbocycles. The van der Waals surface area contributed by atoms with E-state index in [4.69, 9.17) is 10.00 Å². The molecule has 0 saturated carbocycles. The first-order valence-corrected chi connectivity index (χ1v) is 6.05. The maximum Gasteiger partial charge on any atom is 0.224 e. The van der Waals surface area contributed by atoms with Gasteiger partial charge in [0, 0.05) is 12.6 Å². The largest absolute Gasteiger partial charge is 0.439 e. The maximum atomic E-state index is 8.72. The summed E-state index contributed by atoms with van der Waals surface area (Å²) in [5, 5.41) is 11.9. The molecule has 0 spiro atoms. The van der Waals surface area contributed by atoms with Gasteiger partial charge in [-0.05, 0) is 30.7 Å². The summed E-state index contributed by atoms with van der Waals surface area (Å²) in [4.78, 5) is 8.15. The Kier molecular flexibility index (Phi) is 4.29. The number of benzene rings is 1. The van der Waals surface area contributed by atoms with Gasteiger partial charge in [-0.3, -0.25) is 0 Å². The van der Waals surface area contributed by atoms with Crippen LogP contribution in [-0.4, -0.2) is 16.5 Å². The van der Waals surface area contributed by atoms with E-state index in [0.717, 1.165) is 18.8 Å². The number of nitriles is 1. The summed E-state index contributed by atoms with van der Waals surface area (Å²) in [5.41, 5.74) is 0.598. The van der Waals surface area contributed by atoms with Crippen LogP contribution in [0.25, 0.3) is 0 Å². The van der Waals surface area contributed by atoms with E-state index >= 15 is 0 Å². The van der Waals surface area contributed by atoms with Crippen molar-refractivity contribution in [2.75, 3.05) is 11.9 Å². The quantitative estimate of drug-likeness (QED) is 0.888. The summed E-state index contributed by atoms with van der Waals surface area (Å²) in [6.07, 6.45) is 2.48. The molecule has 0 aliphatic carbocycles. The van der Waals surface area contributed by atoms with E-state index in [2.05, 4.69) is 28.3 Å². The molecule has 96 valence electrons. The average Bonchev–Trinajstić information content (AvgIpc) is 2.46. The van der Waals surface area contributed by atoms with Gasteiger partial charge in [-0.2, -0.15) is 5.26 Å². The molecule has 2 aromatic rings. The zero-order chi connectivity index (χ0) is 13.5. The highest BCUT2D eigenvalue weighted by atomic mass is 16.5. The zero-order valence-corrected chi connectivity index (χ0v) is 10.6. The first-order valence-electron chi connectivity index (χ1n) is 6.05. The molecular weight excluding hydrogens is 240 g/mol. The normalized spacial score (nSPS) is 9.68.